The van der Waals surface area contributed by atoms with E-state index >= 15 is 0 Å². The molecule has 2 radical (unpaired) electrons. The molecule has 0 aliphatic carbocycles. The second-order valence-corrected chi connectivity index (χ2v) is 8.55. The largest absolute Gasteiger partial charge is 0.311 e. The number of fused-ring (bicyclic) bond motifs is 8. The average Bonchev–Trinajstić information content (AvgIpc) is 3.36. The van der Waals surface area contributed by atoms with Crippen molar-refractivity contribution in [2.75, 3.05) is 0 Å². The summed E-state index contributed by atoms with van der Waals surface area (Å²) in [6, 6.07) is 3.67. The van der Waals surface area contributed by atoms with Crippen LogP contribution in [0.25, 0.3) is 0 Å². The predicted octanol–water partition coefficient (Wildman–Crippen LogP) is 0.938. The molecular weight excluding hydrogens is 307 g/mol. The second-order valence-electron chi connectivity index (χ2n) is 8.55. The fourth-order valence-corrected chi connectivity index (χ4v) is 5.33. The molecular formula is C20H29BN4. The van der Waals surface area contributed by atoms with Crippen molar-refractivity contribution in [3.05, 3.63) is 36.5 Å². The molecule has 5 aliphatic heterocycles. The summed E-state index contributed by atoms with van der Waals surface area (Å²) in [5.41, 5.74) is 0. The van der Waals surface area contributed by atoms with Crippen molar-refractivity contribution in [2.45, 2.75) is 86.3 Å². The highest BCUT2D eigenvalue weighted by Crippen LogP contribution is 2.28. The molecule has 4 N–H and O–H groups in total. The molecule has 4 nitrogen and oxygen atoms in total. The van der Waals surface area contributed by atoms with Gasteiger partial charge in [0.05, 0.1) is 7.85 Å². The first-order valence-electron chi connectivity index (χ1n) is 10.1. The second kappa shape index (κ2) is 6.69. The van der Waals surface area contributed by atoms with E-state index in [4.69, 9.17) is 7.85 Å². The van der Waals surface area contributed by atoms with Crippen molar-refractivity contribution in [1.82, 2.24) is 21.3 Å². The van der Waals surface area contributed by atoms with Crippen LogP contribution in [-0.2, 0) is 0 Å². The molecule has 0 spiro atoms. The summed E-state index contributed by atoms with van der Waals surface area (Å²) in [4.78, 5) is 0. The van der Waals surface area contributed by atoms with Crippen molar-refractivity contribution in [1.29, 1.82) is 0 Å². The highest BCUT2D eigenvalue weighted by atomic mass is 15.1. The van der Waals surface area contributed by atoms with E-state index in [1.807, 2.05) is 0 Å². The monoisotopic (exact) mass is 336 g/mol. The molecule has 5 aliphatic rings. The minimum Gasteiger partial charge on any atom is -0.311 e. The fourth-order valence-electron chi connectivity index (χ4n) is 5.33. The van der Waals surface area contributed by atoms with Gasteiger partial charge in [0.25, 0.3) is 0 Å². The van der Waals surface area contributed by atoms with E-state index in [1.165, 1.54) is 25.7 Å². The van der Waals surface area contributed by atoms with Crippen LogP contribution in [0.2, 0.25) is 5.82 Å². The Labute approximate surface area is 152 Å². The minimum absolute atomic E-state index is 0.0829. The summed E-state index contributed by atoms with van der Waals surface area (Å²) < 4.78 is 0. The topological polar surface area (TPSA) is 48.1 Å². The fraction of sp³-hybridized carbons (Fsp3) is 0.700. The average molecular weight is 336 g/mol. The molecule has 8 bridgehead atoms. The van der Waals surface area contributed by atoms with Crippen molar-refractivity contribution in [3.63, 3.8) is 0 Å². The lowest BCUT2D eigenvalue weighted by molar-refractivity contribution is 0.389. The van der Waals surface area contributed by atoms with Gasteiger partial charge in [0, 0.05) is 48.3 Å². The SMILES string of the molecule is [B]C1C2C=CC(CC3C=CC(CC4CCC(CC5C=CC1N5)N4)N3)N2. The summed E-state index contributed by atoms with van der Waals surface area (Å²) in [6.07, 6.45) is 20.0. The Bertz CT molecular complexity index is 588. The highest BCUT2D eigenvalue weighted by molar-refractivity contribution is 6.13. The maximum absolute atomic E-state index is 6.58. The van der Waals surface area contributed by atoms with Crippen LogP contribution in [0.4, 0.5) is 0 Å². The van der Waals surface area contributed by atoms with Crippen LogP contribution in [0.5, 0.6) is 0 Å². The summed E-state index contributed by atoms with van der Waals surface area (Å²) >= 11 is 0. The third-order valence-electron chi connectivity index (χ3n) is 6.67. The van der Waals surface area contributed by atoms with E-state index in [0.717, 1.165) is 6.42 Å². The van der Waals surface area contributed by atoms with E-state index in [2.05, 4.69) is 57.7 Å². The zero-order valence-electron chi connectivity index (χ0n) is 14.8. The van der Waals surface area contributed by atoms with E-state index in [9.17, 15) is 0 Å². The molecule has 5 heterocycles. The molecule has 0 saturated carbocycles. The first-order chi connectivity index (χ1) is 12.2. The molecule has 132 valence electrons. The van der Waals surface area contributed by atoms with Crippen LogP contribution in [0.1, 0.15) is 32.1 Å². The minimum atomic E-state index is 0.0829. The zero-order valence-corrected chi connectivity index (χ0v) is 14.8. The summed E-state index contributed by atoms with van der Waals surface area (Å²) in [5, 5.41) is 15.1. The Balaban J connectivity index is 1.32. The molecule has 0 amide bonds. The van der Waals surface area contributed by atoms with Crippen molar-refractivity contribution in [2.24, 2.45) is 0 Å². The van der Waals surface area contributed by atoms with Gasteiger partial charge >= 0.3 is 0 Å². The Morgan fingerprint density at radius 2 is 1.04 bits per heavy atom. The van der Waals surface area contributed by atoms with Gasteiger partial charge in [0.15, 0.2) is 0 Å². The lowest BCUT2D eigenvalue weighted by Crippen LogP contribution is -2.46. The number of hydrogen-bond acceptors (Lipinski definition) is 4. The van der Waals surface area contributed by atoms with E-state index in [0.29, 0.717) is 36.3 Å². The van der Waals surface area contributed by atoms with Gasteiger partial charge in [-0.05, 0) is 37.9 Å². The molecule has 2 fully saturated rings. The Hall–Kier alpha value is -0.875. The zero-order chi connectivity index (χ0) is 16.8. The normalized spacial score (nSPS) is 51.4. The molecule has 9 unspecified atom stereocenters. The summed E-state index contributed by atoms with van der Waals surface area (Å²) in [7, 11) is 6.58. The molecule has 25 heavy (non-hydrogen) atoms. The maximum atomic E-state index is 6.58. The first kappa shape index (κ1) is 16.3. The number of hydrogen-bond donors (Lipinski definition) is 4. The third kappa shape index (κ3) is 3.40. The lowest BCUT2D eigenvalue weighted by atomic mass is 9.75. The van der Waals surface area contributed by atoms with Gasteiger partial charge in [-0.1, -0.05) is 36.5 Å². The van der Waals surface area contributed by atoms with Gasteiger partial charge in [0.1, 0.15) is 0 Å². The highest BCUT2D eigenvalue weighted by Gasteiger charge is 2.34. The van der Waals surface area contributed by atoms with E-state index in [-0.39, 0.29) is 17.9 Å². The van der Waals surface area contributed by atoms with E-state index < -0.39 is 0 Å². The summed E-state index contributed by atoms with van der Waals surface area (Å²) in [6.45, 7) is 0. The van der Waals surface area contributed by atoms with Gasteiger partial charge in [-0.15, -0.1) is 0 Å². The Morgan fingerprint density at radius 1 is 0.560 bits per heavy atom. The van der Waals surface area contributed by atoms with Gasteiger partial charge < -0.3 is 21.3 Å². The van der Waals surface area contributed by atoms with Crippen LogP contribution < -0.4 is 21.3 Å². The van der Waals surface area contributed by atoms with Gasteiger partial charge in [0.2, 0.25) is 0 Å². The first-order valence-corrected chi connectivity index (χ1v) is 10.1. The van der Waals surface area contributed by atoms with Crippen LogP contribution in [-0.4, -0.2) is 56.2 Å². The molecule has 5 rings (SSSR count). The quantitative estimate of drug-likeness (QED) is 0.393. The van der Waals surface area contributed by atoms with Gasteiger partial charge in [-0.3, -0.25) is 0 Å². The van der Waals surface area contributed by atoms with E-state index in [1.54, 1.807) is 0 Å². The Kier molecular flexibility index (Phi) is 4.37. The van der Waals surface area contributed by atoms with Crippen molar-refractivity contribution >= 4 is 7.85 Å². The summed E-state index contributed by atoms with van der Waals surface area (Å²) in [5.74, 6) is 0.0829. The van der Waals surface area contributed by atoms with Crippen LogP contribution in [0.3, 0.4) is 0 Å². The lowest BCUT2D eigenvalue weighted by Gasteiger charge is -2.29. The van der Waals surface area contributed by atoms with Gasteiger partial charge in [-0.2, -0.15) is 0 Å². The van der Waals surface area contributed by atoms with Crippen LogP contribution in [0, 0.1) is 0 Å². The molecule has 9 atom stereocenters. The molecule has 0 aromatic heterocycles. The standard InChI is InChI=1S/C20H29BN4/c21-20-18-7-5-16(24-18)10-14-3-1-12(22-14)9-13-2-4-15(23-13)11-17-6-8-19(20)25-17/h1,3,5-8,12-20,22-25H,2,4,9-11H2. The number of nitrogens with one attached hydrogen (secondary N) is 4. The van der Waals surface area contributed by atoms with Crippen LogP contribution in [0.15, 0.2) is 36.5 Å². The molecule has 2 saturated heterocycles. The maximum Gasteiger partial charge on any atom is 0.0750 e. The van der Waals surface area contributed by atoms with Crippen molar-refractivity contribution < 1.29 is 0 Å². The van der Waals surface area contributed by atoms with Crippen LogP contribution >= 0.6 is 0 Å². The number of rotatable bonds is 0. The van der Waals surface area contributed by atoms with Crippen molar-refractivity contribution in [3.8, 4) is 0 Å². The third-order valence-corrected chi connectivity index (χ3v) is 6.67. The smallest absolute Gasteiger partial charge is 0.0750 e. The predicted molar refractivity (Wildman–Crippen MR) is 103 cm³/mol. The molecule has 0 aromatic rings. The molecule has 5 heteroatoms. The Morgan fingerprint density at radius 3 is 1.68 bits per heavy atom. The molecule has 0 aromatic carbocycles. The van der Waals surface area contributed by atoms with Gasteiger partial charge in [-0.25, -0.2) is 0 Å².